The molecule has 0 saturated carbocycles. The summed E-state index contributed by atoms with van der Waals surface area (Å²) >= 11 is 0. The Bertz CT molecular complexity index is 1690. The Kier molecular flexibility index (Phi) is 6.45. The first-order valence-corrected chi connectivity index (χ1v) is 11.7. The molecule has 5 aromatic rings. The summed E-state index contributed by atoms with van der Waals surface area (Å²) in [6.07, 6.45) is -0.410. The highest BCUT2D eigenvalue weighted by atomic mass is 16.5. The van der Waals surface area contributed by atoms with Crippen LogP contribution in [0.5, 0.6) is 28.7 Å². The van der Waals surface area contributed by atoms with Crippen molar-refractivity contribution in [1.29, 1.82) is 0 Å². The predicted octanol–water partition coefficient (Wildman–Crippen LogP) is 5.68. The second-order valence-corrected chi connectivity index (χ2v) is 8.63. The minimum Gasteiger partial charge on any atom is -0.508 e. The van der Waals surface area contributed by atoms with Crippen LogP contribution < -0.4 is 10.2 Å². The number of hydrogen-bond acceptors (Lipinski definition) is 8. The molecule has 8 heteroatoms. The third-order valence-corrected chi connectivity index (χ3v) is 6.06. The van der Waals surface area contributed by atoms with Crippen LogP contribution in [0.15, 0.2) is 100 Å². The Balaban J connectivity index is 0.000000156. The van der Waals surface area contributed by atoms with Gasteiger partial charge in [0.25, 0.3) is 0 Å². The van der Waals surface area contributed by atoms with Crippen LogP contribution in [0.3, 0.4) is 0 Å². The highest BCUT2D eigenvalue weighted by Gasteiger charge is 2.30. The van der Waals surface area contributed by atoms with Crippen LogP contribution in [0.2, 0.25) is 0 Å². The lowest BCUT2D eigenvalue weighted by Crippen LogP contribution is -2.20. The van der Waals surface area contributed by atoms with E-state index in [1.165, 1.54) is 18.2 Å². The van der Waals surface area contributed by atoms with Crippen LogP contribution in [-0.4, -0.2) is 26.2 Å². The number of ketones is 1. The van der Waals surface area contributed by atoms with E-state index in [4.69, 9.17) is 9.15 Å². The lowest BCUT2D eigenvalue weighted by molar-refractivity contribution is 0.0845. The molecule has 190 valence electrons. The second kappa shape index (κ2) is 10.0. The standard InChI is InChI=1S/C15H12O5.C15H10O3/c16-9-3-1-8(2-4-9)13-7-12(19)15-11(18)5-10(17)6-14(15)20-13;16-13-11-8-4-5-9-12(11)18-15(14(13)17)10-6-2-1-3-7-10/h1-6,13,16-18H,7H2;1-9,17H/t13-;/m0./s1. The van der Waals surface area contributed by atoms with E-state index in [0.29, 0.717) is 16.5 Å². The lowest BCUT2D eigenvalue weighted by Gasteiger charge is -2.26. The van der Waals surface area contributed by atoms with Crippen LogP contribution in [0.25, 0.3) is 22.3 Å². The molecule has 8 nitrogen and oxygen atoms in total. The van der Waals surface area contributed by atoms with Gasteiger partial charge in [0, 0.05) is 17.7 Å². The Morgan fingerprint density at radius 3 is 2.16 bits per heavy atom. The predicted molar refractivity (Wildman–Crippen MR) is 140 cm³/mol. The number of carbonyl (C=O) groups excluding carboxylic acids is 1. The van der Waals surface area contributed by atoms with Crippen LogP contribution in [0.4, 0.5) is 0 Å². The molecule has 4 aromatic carbocycles. The van der Waals surface area contributed by atoms with Gasteiger partial charge >= 0.3 is 0 Å². The van der Waals surface area contributed by atoms with Gasteiger partial charge in [0.1, 0.15) is 40.2 Å². The Morgan fingerprint density at radius 2 is 1.42 bits per heavy atom. The van der Waals surface area contributed by atoms with E-state index in [-0.39, 0.29) is 52.3 Å². The van der Waals surface area contributed by atoms with Gasteiger partial charge in [-0.1, -0.05) is 54.6 Å². The molecular weight excluding hydrogens is 488 g/mol. The second-order valence-electron chi connectivity index (χ2n) is 8.63. The lowest BCUT2D eigenvalue weighted by atomic mass is 9.95. The van der Waals surface area contributed by atoms with Crippen LogP contribution in [0, 0.1) is 0 Å². The van der Waals surface area contributed by atoms with Crippen LogP contribution in [-0.2, 0) is 0 Å². The SMILES string of the molecule is O=C1C[C@@H](c2ccc(O)cc2)Oc2cc(O)cc(O)c21.O=c1c(O)c(-c2ccccc2)oc2ccccc12. The average Bonchev–Trinajstić information content (AvgIpc) is 2.91. The molecule has 0 bridgehead atoms. The van der Waals surface area contributed by atoms with Crippen molar-refractivity contribution in [2.24, 2.45) is 0 Å². The molecule has 0 fully saturated rings. The van der Waals surface area contributed by atoms with Gasteiger partial charge in [0.2, 0.25) is 11.2 Å². The Hall–Kier alpha value is -5.24. The summed E-state index contributed by atoms with van der Waals surface area (Å²) in [4.78, 5) is 24.1. The third kappa shape index (κ3) is 4.75. The minimum atomic E-state index is -0.503. The molecule has 6 rings (SSSR count). The molecule has 0 spiro atoms. The van der Waals surface area contributed by atoms with E-state index in [0.717, 1.165) is 11.6 Å². The molecule has 0 unspecified atom stereocenters. The molecule has 2 heterocycles. The normalized spacial score (nSPS) is 14.2. The third-order valence-electron chi connectivity index (χ3n) is 6.06. The van der Waals surface area contributed by atoms with E-state index in [1.54, 1.807) is 48.5 Å². The van der Waals surface area contributed by atoms with Gasteiger partial charge in [-0.05, 0) is 29.8 Å². The number of carbonyl (C=O) groups is 1. The van der Waals surface area contributed by atoms with Crippen molar-refractivity contribution in [3.8, 4) is 40.1 Å². The van der Waals surface area contributed by atoms with E-state index in [2.05, 4.69) is 0 Å². The molecule has 4 N–H and O–H groups in total. The first-order chi connectivity index (χ1) is 18.3. The Labute approximate surface area is 216 Å². The fraction of sp³-hybridized carbons (Fsp3) is 0.0667. The summed E-state index contributed by atoms with van der Waals surface area (Å²) in [5.41, 5.74) is 1.58. The van der Waals surface area contributed by atoms with Crippen molar-refractivity contribution in [1.82, 2.24) is 0 Å². The van der Waals surface area contributed by atoms with Crippen LogP contribution >= 0.6 is 0 Å². The maximum absolute atomic E-state index is 12.1. The maximum atomic E-state index is 12.1. The zero-order valence-corrected chi connectivity index (χ0v) is 19.9. The number of benzene rings is 4. The number of hydrogen-bond donors (Lipinski definition) is 4. The molecule has 1 atom stereocenters. The number of para-hydroxylation sites is 1. The fourth-order valence-corrected chi connectivity index (χ4v) is 4.22. The number of phenols is 3. The molecule has 0 saturated heterocycles. The number of phenolic OH excluding ortho intramolecular Hbond substituents is 3. The largest absolute Gasteiger partial charge is 0.508 e. The number of fused-ring (bicyclic) bond motifs is 2. The zero-order valence-electron chi connectivity index (χ0n) is 19.9. The van der Waals surface area contributed by atoms with Gasteiger partial charge in [-0.2, -0.15) is 0 Å². The van der Waals surface area contributed by atoms with Gasteiger partial charge < -0.3 is 29.6 Å². The number of ether oxygens (including phenoxy) is 1. The van der Waals surface area contributed by atoms with Gasteiger partial charge in [-0.15, -0.1) is 0 Å². The first kappa shape index (κ1) is 24.5. The first-order valence-electron chi connectivity index (χ1n) is 11.7. The molecule has 1 aliphatic rings. The summed E-state index contributed by atoms with van der Waals surface area (Å²) in [5, 5.41) is 38.8. The molecule has 0 aliphatic carbocycles. The highest BCUT2D eigenvalue weighted by molar-refractivity contribution is 6.02. The van der Waals surface area contributed by atoms with Gasteiger partial charge in [0.05, 0.1) is 11.8 Å². The van der Waals surface area contributed by atoms with Crippen molar-refractivity contribution in [2.45, 2.75) is 12.5 Å². The van der Waals surface area contributed by atoms with E-state index in [1.807, 2.05) is 18.2 Å². The van der Waals surface area contributed by atoms with Gasteiger partial charge in [-0.25, -0.2) is 0 Å². The number of aromatic hydroxyl groups is 4. The maximum Gasteiger partial charge on any atom is 0.235 e. The molecule has 1 aromatic heterocycles. The smallest absolute Gasteiger partial charge is 0.235 e. The van der Waals surface area contributed by atoms with E-state index >= 15 is 0 Å². The zero-order chi connectivity index (χ0) is 26.8. The molecular formula is C30H22O8. The summed E-state index contributed by atoms with van der Waals surface area (Å²) < 4.78 is 11.3. The van der Waals surface area contributed by atoms with Crippen molar-refractivity contribution in [2.75, 3.05) is 0 Å². The summed E-state index contributed by atoms with van der Waals surface area (Å²) in [7, 11) is 0. The highest BCUT2D eigenvalue weighted by Crippen LogP contribution is 2.41. The average molecular weight is 510 g/mol. The molecule has 0 amide bonds. The van der Waals surface area contributed by atoms with Crippen LogP contribution in [0.1, 0.15) is 28.4 Å². The van der Waals surface area contributed by atoms with E-state index < -0.39 is 11.5 Å². The van der Waals surface area contributed by atoms with Crippen molar-refractivity contribution >= 4 is 16.8 Å². The minimum absolute atomic E-state index is 0.0934. The monoisotopic (exact) mass is 510 g/mol. The summed E-state index contributed by atoms with van der Waals surface area (Å²) in [5.74, 6) is -0.543. The molecule has 0 radical (unpaired) electrons. The topological polar surface area (TPSA) is 137 Å². The van der Waals surface area contributed by atoms with Crippen molar-refractivity contribution in [3.05, 3.63) is 112 Å². The Morgan fingerprint density at radius 1 is 0.737 bits per heavy atom. The number of rotatable bonds is 2. The summed E-state index contributed by atoms with van der Waals surface area (Å²) in [6, 6.07) is 24.7. The fourth-order valence-electron chi connectivity index (χ4n) is 4.22. The van der Waals surface area contributed by atoms with Gasteiger partial charge in [-0.3, -0.25) is 9.59 Å². The molecule has 38 heavy (non-hydrogen) atoms. The molecule has 1 aliphatic heterocycles. The quantitative estimate of drug-likeness (QED) is 0.238. The van der Waals surface area contributed by atoms with Gasteiger partial charge in [0.15, 0.2) is 11.5 Å². The van der Waals surface area contributed by atoms with E-state index in [9.17, 15) is 30.0 Å². The van der Waals surface area contributed by atoms with Crippen molar-refractivity contribution < 1.29 is 34.4 Å². The number of Topliss-reactive ketones (excluding diaryl/α,β-unsaturated/α-hetero) is 1. The summed E-state index contributed by atoms with van der Waals surface area (Å²) in [6.45, 7) is 0. The van der Waals surface area contributed by atoms with Crippen molar-refractivity contribution in [3.63, 3.8) is 0 Å².